The van der Waals surface area contributed by atoms with Gasteiger partial charge in [0.2, 0.25) is 0 Å². The van der Waals surface area contributed by atoms with Crippen molar-refractivity contribution >= 4 is 5.69 Å². The van der Waals surface area contributed by atoms with Crippen LogP contribution in [0, 0.1) is 0 Å². The van der Waals surface area contributed by atoms with Crippen LogP contribution in [0.3, 0.4) is 0 Å². The maximum atomic E-state index is 8.60. The van der Waals surface area contributed by atoms with Gasteiger partial charge in [-0.15, -0.1) is 0 Å². The monoisotopic (exact) mass is 181 g/mol. The normalized spacial score (nSPS) is 9.69. The Morgan fingerprint density at radius 2 is 2.15 bits per heavy atom. The van der Waals surface area contributed by atoms with Crippen LogP contribution >= 0.6 is 0 Å². The molecule has 1 aromatic carbocycles. The van der Waals surface area contributed by atoms with Crippen molar-refractivity contribution in [2.45, 2.75) is 6.92 Å². The second kappa shape index (κ2) is 5.43. The van der Waals surface area contributed by atoms with Crippen molar-refractivity contribution in [2.24, 2.45) is 0 Å². The van der Waals surface area contributed by atoms with E-state index in [0.717, 1.165) is 18.0 Å². The fourth-order valence-electron chi connectivity index (χ4n) is 1.08. The molecule has 0 spiro atoms. The zero-order chi connectivity index (χ0) is 9.52. The van der Waals surface area contributed by atoms with Crippen molar-refractivity contribution in [3.05, 3.63) is 24.3 Å². The predicted octanol–water partition coefficient (Wildman–Crippen LogP) is 1.49. The first kappa shape index (κ1) is 9.86. The van der Waals surface area contributed by atoms with Crippen LogP contribution in [0.1, 0.15) is 6.92 Å². The summed E-state index contributed by atoms with van der Waals surface area (Å²) in [5, 5.41) is 11.8. The van der Waals surface area contributed by atoms with Gasteiger partial charge in [0.1, 0.15) is 12.4 Å². The average molecular weight is 181 g/mol. The number of rotatable bonds is 5. The Balaban J connectivity index is 2.66. The van der Waals surface area contributed by atoms with Crippen molar-refractivity contribution in [2.75, 3.05) is 25.1 Å². The Morgan fingerprint density at radius 3 is 2.85 bits per heavy atom. The molecule has 72 valence electrons. The lowest BCUT2D eigenvalue weighted by molar-refractivity contribution is 0.202. The molecule has 0 aromatic heterocycles. The molecule has 0 radical (unpaired) electrons. The van der Waals surface area contributed by atoms with Gasteiger partial charge in [-0.2, -0.15) is 0 Å². The Hall–Kier alpha value is -1.22. The lowest BCUT2D eigenvalue weighted by Gasteiger charge is -2.10. The number of hydrogen-bond acceptors (Lipinski definition) is 3. The number of aliphatic hydroxyl groups is 1. The van der Waals surface area contributed by atoms with Crippen molar-refractivity contribution in [3.63, 3.8) is 0 Å². The van der Waals surface area contributed by atoms with Crippen molar-refractivity contribution in [1.29, 1.82) is 0 Å². The molecular formula is C10H15NO2. The predicted molar refractivity (Wildman–Crippen MR) is 53.2 cm³/mol. The molecule has 13 heavy (non-hydrogen) atoms. The van der Waals surface area contributed by atoms with Gasteiger partial charge < -0.3 is 15.2 Å². The molecule has 0 unspecified atom stereocenters. The average Bonchev–Trinajstić information content (AvgIpc) is 2.17. The third-order valence-electron chi connectivity index (χ3n) is 1.60. The minimum absolute atomic E-state index is 0.0421. The first-order chi connectivity index (χ1) is 6.38. The number of nitrogens with one attached hydrogen (secondary N) is 1. The number of aliphatic hydroxyl groups excluding tert-OH is 1. The van der Waals surface area contributed by atoms with E-state index in [1.165, 1.54) is 0 Å². The highest BCUT2D eigenvalue weighted by molar-refractivity contribution is 5.55. The largest absolute Gasteiger partial charge is 0.489 e. The van der Waals surface area contributed by atoms with E-state index in [0.29, 0.717) is 6.61 Å². The fourth-order valence-corrected chi connectivity index (χ4v) is 1.08. The Kier molecular flexibility index (Phi) is 4.12. The summed E-state index contributed by atoms with van der Waals surface area (Å²) in [6, 6.07) is 7.70. The standard InChI is InChI=1S/C10H15NO2/c1-2-11-9-5-3-4-6-10(9)13-8-7-12/h3-6,11-12H,2,7-8H2,1H3. The summed E-state index contributed by atoms with van der Waals surface area (Å²) in [6.07, 6.45) is 0. The quantitative estimate of drug-likeness (QED) is 0.723. The second-order valence-electron chi connectivity index (χ2n) is 2.60. The number of para-hydroxylation sites is 2. The molecule has 0 saturated carbocycles. The van der Waals surface area contributed by atoms with E-state index in [1.54, 1.807) is 0 Å². The summed E-state index contributed by atoms with van der Waals surface area (Å²) in [5.41, 5.74) is 0.971. The van der Waals surface area contributed by atoms with Crippen LogP contribution < -0.4 is 10.1 Å². The van der Waals surface area contributed by atoms with Crippen LogP contribution in [-0.4, -0.2) is 24.9 Å². The van der Waals surface area contributed by atoms with E-state index < -0.39 is 0 Å². The van der Waals surface area contributed by atoms with Gasteiger partial charge >= 0.3 is 0 Å². The third kappa shape index (κ3) is 2.95. The molecule has 1 rings (SSSR count). The Bertz CT molecular complexity index is 250. The minimum Gasteiger partial charge on any atom is -0.489 e. The van der Waals surface area contributed by atoms with Gasteiger partial charge in [-0.05, 0) is 19.1 Å². The van der Waals surface area contributed by atoms with Gasteiger partial charge in [0.15, 0.2) is 0 Å². The maximum Gasteiger partial charge on any atom is 0.142 e. The van der Waals surface area contributed by atoms with Crippen molar-refractivity contribution in [3.8, 4) is 5.75 Å². The number of anilines is 1. The lowest BCUT2D eigenvalue weighted by Crippen LogP contribution is -2.05. The molecule has 0 saturated heterocycles. The summed E-state index contributed by atoms with van der Waals surface area (Å²) in [4.78, 5) is 0. The number of benzene rings is 1. The summed E-state index contributed by atoms with van der Waals surface area (Å²) < 4.78 is 5.33. The number of hydrogen-bond donors (Lipinski definition) is 2. The van der Waals surface area contributed by atoms with E-state index in [9.17, 15) is 0 Å². The topological polar surface area (TPSA) is 41.5 Å². The van der Waals surface area contributed by atoms with Crippen LogP contribution in [-0.2, 0) is 0 Å². The highest BCUT2D eigenvalue weighted by Crippen LogP contribution is 2.22. The highest BCUT2D eigenvalue weighted by Gasteiger charge is 1.99. The third-order valence-corrected chi connectivity index (χ3v) is 1.60. The molecule has 1 aromatic rings. The van der Waals surface area contributed by atoms with Gasteiger partial charge in [-0.3, -0.25) is 0 Å². The van der Waals surface area contributed by atoms with Crippen LogP contribution in [0.5, 0.6) is 5.75 Å². The first-order valence-electron chi connectivity index (χ1n) is 4.45. The molecule has 0 aliphatic heterocycles. The molecule has 0 heterocycles. The Morgan fingerprint density at radius 1 is 1.38 bits per heavy atom. The summed E-state index contributed by atoms with van der Waals surface area (Å²) in [7, 11) is 0. The Labute approximate surface area is 78.3 Å². The smallest absolute Gasteiger partial charge is 0.142 e. The molecule has 3 heteroatoms. The molecule has 0 aliphatic carbocycles. The highest BCUT2D eigenvalue weighted by atomic mass is 16.5. The van der Waals surface area contributed by atoms with E-state index >= 15 is 0 Å². The van der Waals surface area contributed by atoms with Crippen molar-refractivity contribution < 1.29 is 9.84 Å². The molecular weight excluding hydrogens is 166 g/mol. The molecule has 0 fully saturated rings. The van der Waals surface area contributed by atoms with E-state index in [1.807, 2.05) is 31.2 Å². The fraction of sp³-hybridized carbons (Fsp3) is 0.400. The lowest BCUT2D eigenvalue weighted by atomic mass is 10.3. The van der Waals surface area contributed by atoms with Gasteiger partial charge in [-0.25, -0.2) is 0 Å². The zero-order valence-electron chi connectivity index (χ0n) is 7.79. The van der Waals surface area contributed by atoms with Gasteiger partial charge in [0.05, 0.1) is 12.3 Å². The number of ether oxygens (including phenoxy) is 1. The van der Waals surface area contributed by atoms with Gasteiger partial charge in [0.25, 0.3) is 0 Å². The molecule has 0 aliphatic rings. The van der Waals surface area contributed by atoms with Crippen LogP contribution in [0.15, 0.2) is 24.3 Å². The molecule has 0 atom stereocenters. The second-order valence-corrected chi connectivity index (χ2v) is 2.60. The zero-order valence-corrected chi connectivity index (χ0v) is 7.79. The summed E-state index contributed by atoms with van der Waals surface area (Å²) >= 11 is 0. The first-order valence-corrected chi connectivity index (χ1v) is 4.45. The van der Waals surface area contributed by atoms with E-state index in [-0.39, 0.29) is 6.61 Å². The molecule has 0 amide bonds. The maximum absolute atomic E-state index is 8.60. The summed E-state index contributed by atoms with van der Waals surface area (Å²) in [6.45, 7) is 3.27. The van der Waals surface area contributed by atoms with Crippen molar-refractivity contribution in [1.82, 2.24) is 0 Å². The van der Waals surface area contributed by atoms with Gasteiger partial charge in [0, 0.05) is 6.54 Å². The van der Waals surface area contributed by atoms with Gasteiger partial charge in [-0.1, -0.05) is 12.1 Å². The molecule has 2 N–H and O–H groups in total. The van der Waals surface area contributed by atoms with E-state index in [2.05, 4.69) is 5.32 Å². The van der Waals surface area contributed by atoms with Crippen LogP contribution in [0.25, 0.3) is 0 Å². The molecule has 0 bridgehead atoms. The van der Waals surface area contributed by atoms with E-state index in [4.69, 9.17) is 9.84 Å². The van der Waals surface area contributed by atoms with Crippen LogP contribution in [0.2, 0.25) is 0 Å². The molecule has 3 nitrogen and oxygen atoms in total. The summed E-state index contributed by atoms with van der Waals surface area (Å²) in [5.74, 6) is 0.790. The van der Waals surface area contributed by atoms with Crippen LogP contribution in [0.4, 0.5) is 5.69 Å². The SMILES string of the molecule is CCNc1ccccc1OCCO. The minimum atomic E-state index is 0.0421.